The quantitative estimate of drug-likeness (QED) is 0.0957. The highest BCUT2D eigenvalue weighted by Gasteiger charge is 2.38. The number of cyclic esters (lactones) is 1. The number of phenolic OH excluding ortho intramolecular Hbond substituents is 1. The highest BCUT2D eigenvalue weighted by atomic mass is 16.7. The Balaban J connectivity index is 1.16. The number of fused-ring (bicyclic) bond motifs is 5. The van der Waals surface area contributed by atoms with Gasteiger partial charge < -0.3 is 43.8 Å². The van der Waals surface area contributed by atoms with E-state index in [1.807, 2.05) is 48.5 Å². The standard InChI is InChI=1S/C39H49N3O12/c1-8-22-23-14-21(44)12-13-27(23)41-34-25(22)17-42-28(34)15-24-26(36(42)48)19-51-37(49)35(24)53-32(47)16-40-30(45)10-9-11-31(46)50-20-33(54-39(5,6)7)52-29(18-43)38(2,3)4/h12-15,29,33,35,43-44H,8-11,16-20H2,1-7H3,(H,40,45). The second-order valence-electron chi connectivity index (χ2n) is 15.5. The molecule has 0 fully saturated rings. The predicted molar refractivity (Wildman–Crippen MR) is 194 cm³/mol. The first-order valence-corrected chi connectivity index (χ1v) is 18.0. The second-order valence-corrected chi connectivity index (χ2v) is 15.5. The van der Waals surface area contributed by atoms with Crippen LogP contribution in [0.5, 0.6) is 5.75 Å². The third-order valence-corrected chi connectivity index (χ3v) is 9.17. The molecule has 0 spiro atoms. The molecule has 2 aliphatic heterocycles. The number of carbonyl (C=O) groups excluding carboxylic acids is 4. The molecule has 3 N–H and O–H groups in total. The Labute approximate surface area is 312 Å². The van der Waals surface area contributed by atoms with E-state index in [4.69, 9.17) is 28.7 Å². The SMILES string of the molecule is CCc1c2c(nc3ccc(O)cc13)-c1cc3c(c(=O)n1C2)COC(=O)C3OC(=O)CNC(=O)CCCC(=O)OCC(OC(CO)C(C)(C)C)OC(C)(C)C. The minimum Gasteiger partial charge on any atom is -0.508 e. The molecule has 1 aromatic carbocycles. The summed E-state index contributed by atoms with van der Waals surface area (Å²) in [4.78, 5) is 69.2. The summed E-state index contributed by atoms with van der Waals surface area (Å²) >= 11 is 0. The van der Waals surface area contributed by atoms with E-state index in [0.717, 1.165) is 16.5 Å². The molecule has 54 heavy (non-hydrogen) atoms. The van der Waals surface area contributed by atoms with Crippen molar-refractivity contribution < 1.29 is 53.1 Å². The number of amides is 1. The van der Waals surface area contributed by atoms with Gasteiger partial charge in [-0.3, -0.25) is 19.2 Å². The van der Waals surface area contributed by atoms with E-state index in [-0.39, 0.29) is 62.5 Å². The van der Waals surface area contributed by atoms with Gasteiger partial charge in [0.05, 0.1) is 47.3 Å². The number of carbonyl (C=O) groups is 4. The maximum Gasteiger partial charge on any atom is 0.352 e. The molecule has 3 unspecified atom stereocenters. The average Bonchev–Trinajstić information content (AvgIpc) is 3.46. The number of benzene rings is 1. The summed E-state index contributed by atoms with van der Waals surface area (Å²) in [6.45, 7) is 12.1. The number of aliphatic hydroxyl groups is 1. The van der Waals surface area contributed by atoms with Crippen LogP contribution in [0.3, 0.4) is 0 Å². The molecule has 292 valence electrons. The fourth-order valence-corrected chi connectivity index (χ4v) is 6.46. The van der Waals surface area contributed by atoms with E-state index in [0.29, 0.717) is 23.3 Å². The summed E-state index contributed by atoms with van der Waals surface area (Å²) in [5.41, 5.74) is 2.37. The van der Waals surface area contributed by atoms with E-state index in [1.54, 1.807) is 22.8 Å². The van der Waals surface area contributed by atoms with Gasteiger partial charge in [-0.05, 0) is 68.9 Å². The molecule has 2 aliphatic rings. The van der Waals surface area contributed by atoms with Crippen molar-refractivity contribution in [2.24, 2.45) is 5.41 Å². The number of nitrogens with zero attached hydrogens (tertiary/aromatic N) is 2. The van der Waals surface area contributed by atoms with Crippen LogP contribution in [0.1, 0.15) is 96.1 Å². The number of rotatable bonds is 14. The highest BCUT2D eigenvalue weighted by Crippen LogP contribution is 2.39. The van der Waals surface area contributed by atoms with Gasteiger partial charge >= 0.3 is 17.9 Å². The fourth-order valence-electron chi connectivity index (χ4n) is 6.46. The number of aromatic hydroxyl groups is 1. The lowest BCUT2D eigenvalue weighted by Crippen LogP contribution is -2.42. The lowest BCUT2D eigenvalue weighted by molar-refractivity contribution is -0.251. The Hall–Kier alpha value is -4.86. The van der Waals surface area contributed by atoms with Crippen LogP contribution in [0.4, 0.5) is 0 Å². The van der Waals surface area contributed by atoms with Crippen LogP contribution in [-0.2, 0) is 62.4 Å². The third-order valence-electron chi connectivity index (χ3n) is 9.17. The molecule has 0 saturated heterocycles. The summed E-state index contributed by atoms with van der Waals surface area (Å²) in [6, 6.07) is 6.50. The molecule has 3 aromatic rings. The van der Waals surface area contributed by atoms with E-state index < -0.39 is 65.4 Å². The van der Waals surface area contributed by atoms with Gasteiger partial charge in [-0.1, -0.05) is 27.7 Å². The van der Waals surface area contributed by atoms with Gasteiger partial charge in [-0.2, -0.15) is 0 Å². The summed E-state index contributed by atoms with van der Waals surface area (Å²) in [5, 5.41) is 23.1. The zero-order valence-electron chi connectivity index (χ0n) is 31.8. The van der Waals surface area contributed by atoms with Crippen molar-refractivity contribution in [1.29, 1.82) is 0 Å². The molecule has 0 radical (unpaired) electrons. The molecule has 0 bridgehead atoms. The number of aryl methyl sites for hydroxylation is 1. The van der Waals surface area contributed by atoms with Gasteiger partial charge in [-0.25, -0.2) is 9.78 Å². The lowest BCUT2D eigenvalue weighted by atomic mass is 9.89. The molecule has 5 rings (SSSR count). The zero-order valence-corrected chi connectivity index (χ0v) is 31.8. The van der Waals surface area contributed by atoms with Gasteiger partial charge in [0, 0.05) is 29.4 Å². The topological polar surface area (TPSA) is 202 Å². The van der Waals surface area contributed by atoms with E-state index >= 15 is 0 Å². The third kappa shape index (κ3) is 9.25. The smallest absolute Gasteiger partial charge is 0.352 e. The van der Waals surface area contributed by atoms with Crippen LogP contribution in [0.15, 0.2) is 29.1 Å². The molecular formula is C39H49N3O12. The minimum atomic E-state index is -1.54. The van der Waals surface area contributed by atoms with Gasteiger partial charge in [-0.15, -0.1) is 0 Å². The molecular weight excluding hydrogens is 702 g/mol. The fraction of sp³-hybridized carbons (Fsp3) is 0.538. The Morgan fingerprint density at radius 1 is 1.06 bits per heavy atom. The van der Waals surface area contributed by atoms with Crippen molar-refractivity contribution >= 4 is 34.7 Å². The first kappa shape index (κ1) is 40.3. The summed E-state index contributed by atoms with van der Waals surface area (Å²) in [5.74, 6) is -2.81. The number of aliphatic hydroxyl groups excluding tert-OH is 1. The van der Waals surface area contributed by atoms with Crippen molar-refractivity contribution in [3.63, 3.8) is 0 Å². The van der Waals surface area contributed by atoms with E-state index in [2.05, 4.69) is 5.32 Å². The maximum absolute atomic E-state index is 13.7. The van der Waals surface area contributed by atoms with Gasteiger partial charge in [0.2, 0.25) is 12.0 Å². The van der Waals surface area contributed by atoms with Crippen molar-refractivity contribution in [1.82, 2.24) is 14.9 Å². The average molecular weight is 752 g/mol. The van der Waals surface area contributed by atoms with Crippen LogP contribution in [0, 0.1) is 5.41 Å². The summed E-state index contributed by atoms with van der Waals surface area (Å²) < 4.78 is 29.4. The zero-order chi connectivity index (χ0) is 39.5. The molecule has 2 aromatic heterocycles. The summed E-state index contributed by atoms with van der Waals surface area (Å²) in [6.07, 6.45) is -2.48. The largest absolute Gasteiger partial charge is 0.508 e. The van der Waals surface area contributed by atoms with Crippen molar-refractivity contribution in [2.75, 3.05) is 19.8 Å². The monoisotopic (exact) mass is 751 g/mol. The Morgan fingerprint density at radius 3 is 2.46 bits per heavy atom. The molecule has 1 amide bonds. The Bertz CT molecular complexity index is 1990. The molecule has 4 heterocycles. The molecule has 15 nitrogen and oxygen atoms in total. The second kappa shape index (κ2) is 16.2. The van der Waals surface area contributed by atoms with Crippen LogP contribution in [0.25, 0.3) is 22.3 Å². The number of aromatic nitrogens is 2. The predicted octanol–water partition coefficient (Wildman–Crippen LogP) is 3.73. The normalized spacial score (nSPS) is 16.1. The lowest BCUT2D eigenvalue weighted by Gasteiger charge is -2.35. The first-order valence-electron chi connectivity index (χ1n) is 18.0. The Morgan fingerprint density at radius 2 is 1.80 bits per heavy atom. The summed E-state index contributed by atoms with van der Waals surface area (Å²) in [7, 11) is 0. The van der Waals surface area contributed by atoms with Gasteiger partial charge in [0.25, 0.3) is 5.56 Å². The molecule has 0 aliphatic carbocycles. The number of ether oxygens (including phenoxy) is 5. The van der Waals surface area contributed by atoms with Gasteiger partial charge in [0.1, 0.15) is 25.5 Å². The Kier molecular flexibility index (Phi) is 12.1. The molecule has 0 saturated carbocycles. The number of hydrogen-bond acceptors (Lipinski definition) is 13. The van der Waals surface area contributed by atoms with Crippen LogP contribution >= 0.6 is 0 Å². The van der Waals surface area contributed by atoms with Crippen molar-refractivity contribution in [3.05, 3.63) is 56.9 Å². The number of esters is 3. The molecule has 3 atom stereocenters. The van der Waals surface area contributed by atoms with Crippen LogP contribution in [-0.4, -0.2) is 81.3 Å². The van der Waals surface area contributed by atoms with E-state index in [9.17, 15) is 34.2 Å². The van der Waals surface area contributed by atoms with Crippen molar-refractivity contribution in [2.45, 2.75) is 111 Å². The molecule has 15 heteroatoms. The van der Waals surface area contributed by atoms with Crippen molar-refractivity contribution in [3.8, 4) is 17.1 Å². The maximum atomic E-state index is 13.7. The number of phenols is 1. The number of pyridine rings is 2. The number of nitrogens with one attached hydrogen (secondary N) is 1. The first-order chi connectivity index (χ1) is 25.4. The minimum absolute atomic E-state index is 0.0939. The van der Waals surface area contributed by atoms with E-state index in [1.165, 1.54) is 6.07 Å². The van der Waals surface area contributed by atoms with Gasteiger partial charge in [0.15, 0.2) is 6.29 Å². The number of hydrogen-bond donors (Lipinski definition) is 3. The van der Waals surface area contributed by atoms with Crippen LogP contribution < -0.4 is 10.9 Å². The highest BCUT2D eigenvalue weighted by molar-refractivity contribution is 5.90. The van der Waals surface area contributed by atoms with Crippen LogP contribution in [0.2, 0.25) is 0 Å².